The average Bonchev–Trinajstić information content (AvgIpc) is 2.13. The highest BCUT2D eigenvalue weighted by atomic mass is 16.5. The number of nitriles is 1. The molecule has 0 saturated carbocycles. The van der Waals surface area contributed by atoms with Gasteiger partial charge in [0, 0.05) is 13.7 Å². The lowest BCUT2D eigenvalue weighted by atomic mass is 9.91. The summed E-state index contributed by atoms with van der Waals surface area (Å²) in [5.74, 6) is 0. The highest BCUT2D eigenvalue weighted by Crippen LogP contribution is 2.17. The first-order chi connectivity index (χ1) is 6.33. The van der Waals surface area contributed by atoms with Gasteiger partial charge < -0.3 is 10.1 Å². The van der Waals surface area contributed by atoms with Gasteiger partial charge in [0.15, 0.2) is 0 Å². The summed E-state index contributed by atoms with van der Waals surface area (Å²) >= 11 is 0. The summed E-state index contributed by atoms with van der Waals surface area (Å²) in [6, 6.07) is 2.28. The zero-order chi connectivity index (χ0) is 11.2. The molecule has 0 aliphatic rings. The van der Waals surface area contributed by atoms with Crippen LogP contribution in [0, 0.1) is 16.7 Å². The second-order valence-electron chi connectivity index (χ2n) is 4.89. The van der Waals surface area contributed by atoms with Crippen LogP contribution in [-0.4, -0.2) is 25.8 Å². The van der Waals surface area contributed by atoms with Crippen molar-refractivity contribution >= 4 is 0 Å². The van der Waals surface area contributed by atoms with Gasteiger partial charge in [-0.2, -0.15) is 5.26 Å². The molecular weight excluding hydrogens is 176 g/mol. The molecule has 3 heteroatoms. The number of hydrogen-bond acceptors (Lipinski definition) is 3. The van der Waals surface area contributed by atoms with Crippen molar-refractivity contribution < 1.29 is 4.74 Å². The molecule has 0 aromatic carbocycles. The van der Waals surface area contributed by atoms with Gasteiger partial charge in [-0.25, -0.2) is 0 Å². The summed E-state index contributed by atoms with van der Waals surface area (Å²) in [6.07, 6.45) is 0.864. The Labute approximate surface area is 87.4 Å². The van der Waals surface area contributed by atoms with Gasteiger partial charge in [0.1, 0.15) is 0 Å². The van der Waals surface area contributed by atoms with Crippen LogP contribution in [-0.2, 0) is 4.74 Å². The first-order valence-corrected chi connectivity index (χ1v) is 5.00. The summed E-state index contributed by atoms with van der Waals surface area (Å²) < 4.78 is 5.27. The maximum Gasteiger partial charge on any atom is 0.0746 e. The largest absolute Gasteiger partial charge is 0.377 e. The van der Waals surface area contributed by atoms with Crippen molar-refractivity contribution in [1.82, 2.24) is 5.32 Å². The molecule has 0 saturated heterocycles. The smallest absolute Gasteiger partial charge is 0.0746 e. The average molecular weight is 198 g/mol. The van der Waals surface area contributed by atoms with Gasteiger partial charge >= 0.3 is 0 Å². The molecule has 0 rings (SSSR count). The molecule has 0 unspecified atom stereocenters. The molecule has 0 heterocycles. The van der Waals surface area contributed by atoms with E-state index in [0.717, 1.165) is 19.5 Å². The van der Waals surface area contributed by atoms with E-state index < -0.39 is 0 Å². The number of nitrogens with zero attached hydrogens (tertiary/aromatic N) is 1. The molecule has 82 valence electrons. The van der Waals surface area contributed by atoms with E-state index >= 15 is 0 Å². The summed E-state index contributed by atoms with van der Waals surface area (Å²) in [4.78, 5) is 0. The molecule has 0 spiro atoms. The molecule has 3 nitrogen and oxygen atoms in total. The highest BCUT2D eigenvalue weighted by molar-refractivity contribution is 4.91. The number of rotatable bonds is 6. The Balaban J connectivity index is 3.63. The second-order valence-corrected chi connectivity index (χ2v) is 4.89. The van der Waals surface area contributed by atoms with Gasteiger partial charge in [0.2, 0.25) is 0 Å². The summed E-state index contributed by atoms with van der Waals surface area (Å²) in [7, 11) is 1.71. The Morgan fingerprint density at radius 2 is 1.86 bits per heavy atom. The molecule has 0 aliphatic heterocycles. The molecule has 0 aromatic rings. The Bertz CT molecular complexity index is 204. The molecule has 1 N–H and O–H groups in total. The van der Waals surface area contributed by atoms with Crippen molar-refractivity contribution in [3.63, 3.8) is 0 Å². The number of hydrogen-bond donors (Lipinski definition) is 1. The molecule has 0 aromatic heterocycles. The van der Waals surface area contributed by atoms with Crippen molar-refractivity contribution in [3.8, 4) is 6.07 Å². The lowest BCUT2D eigenvalue weighted by molar-refractivity contribution is 0.0231. The van der Waals surface area contributed by atoms with Crippen LogP contribution in [0.4, 0.5) is 0 Å². The topological polar surface area (TPSA) is 45.0 Å². The van der Waals surface area contributed by atoms with Crippen molar-refractivity contribution in [2.45, 2.75) is 39.7 Å². The van der Waals surface area contributed by atoms with Crippen molar-refractivity contribution in [2.75, 3.05) is 20.2 Å². The Kier molecular flexibility index (Phi) is 5.11. The van der Waals surface area contributed by atoms with Crippen LogP contribution in [0.2, 0.25) is 0 Å². The van der Waals surface area contributed by atoms with E-state index in [1.807, 2.05) is 27.7 Å². The second kappa shape index (κ2) is 5.33. The molecule has 0 amide bonds. The van der Waals surface area contributed by atoms with Crippen molar-refractivity contribution in [2.24, 2.45) is 5.41 Å². The number of nitrogens with one attached hydrogen (secondary N) is 1. The predicted octanol–water partition coefficient (Wildman–Crippen LogP) is 1.94. The number of methoxy groups -OCH3 is 1. The monoisotopic (exact) mass is 198 g/mol. The van der Waals surface area contributed by atoms with E-state index in [1.54, 1.807) is 7.11 Å². The normalized spacial score (nSPS) is 12.6. The Morgan fingerprint density at radius 1 is 1.29 bits per heavy atom. The molecule has 0 bridgehead atoms. The fourth-order valence-corrected chi connectivity index (χ4v) is 0.918. The van der Waals surface area contributed by atoms with Gasteiger partial charge in [-0.15, -0.1) is 0 Å². The first kappa shape index (κ1) is 13.4. The summed E-state index contributed by atoms with van der Waals surface area (Å²) in [6.45, 7) is 9.65. The van der Waals surface area contributed by atoms with Crippen molar-refractivity contribution in [3.05, 3.63) is 0 Å². The first-order valence-electron chi connectivity index (χ1n) is 5.00. The third kappa shape index (κ3) is 5.95. The minimum atomic E-state index is -0.232. The van der Waals surface area contributed by atoms with Gasteiger partial charge in [0.25, 0.3) is 0 Å². The van der Waals surface area contributed by atoms with E-state index in [9.17, 15) is 0 Å². The minimum Gasteiger partial charge on any atom is -0.377 e. The van der Waals surface area contributed by atoms with E-state index in [2.05, 4.69) is 11.4 Å². The van der Waals surface area contributed by atoms with E-state index in [0.29, 0.717) is 0 Å². The maximum atomic E-state index is 8.80. The lowest BCUT2D eigenvalue weighted by Gasteiger charge is -2.24. The molecular formula is C11H22N2O. The van der Waals surface area contributed by atoms with Crippen molar-refractivity contribution in [1.29, 1.82) is 5.26 Å². The molecule has 0 aliphatic carbocycles. The fourth-order valence-electron chi connectivity index (χ4n) is 0.918. The minimum absolute atomic E-state index is 0.128. The Hall–Kier alpha value is -0.590. The SMILES string of the molecule is COC(C)(C)CNCCC(C)(C)C#N. The van der Waals surface area contributed by atoms with Gasteiger partial charge in [0.05, 0.1) is 17.1 Å². The maximum absolute atomic E-state index is 8.80. The predicted molar refractivity (Wildman–Crippen MR) is 58.0 cm³/mol. The third-order valence-electron chi connectivity index (χ3n) is 2.33. The van der Waals surface area contributed by atoms with Crippen LogP contribution in [0.5, 0.6) is 0 Å². The van der Waals surface area contributed by atoms with Crippen LogP contribution in [0.25, 0.3) is 0 Å². The van der Waals surface area contributed by atoms with E-state index in [1.165, 1.54) is 0 Å². The number of ether oxygens (including phenoxy) is 1. The highest BCUT2D eigenvalue weighted by Gasteiger charge is 2.18. The standard InChI is InChI=1S/C11H22N2O/c1-10(2,8-12)6-7-13-9-11(3,4)14-5/h13H,6-7,9H2,1-5H3. The Morgan fingerprint density at radius 3 is 2.29 bits per heavy atom. The third-order valence-corrected chi connectivity index (χ3v) is 2.33. The summed E-state index contributed by atoms with van der Waals surface area (Å²) in [5.41, 5.74) is -0.360. The van der Waals surface area contributed by atoms with E-state index in [4.69, 9.17) is 10.00 Å². The van der Waals surface area contributed by atoms with E-state index in [-0.39, 0.29) is 11.0 Å². The van der Waals surface area contributed by atoms with Gasteiger partial charge in [-0.05, 0) is 40.7 Å². The fraction of sp³-hybridized carbons (Fsp3) is 0.909. The van der Waals surface area contributed by atoms with Crippen LogP contribution in [0.1, 0.15) is 34.1 Å². The van der Waals surface area contributed by atoms with Gasteiger partial charge in [-0.1, -0.05) is 0 Å². The molecule has 0 atom stereocenters. The summed E-state index contributed by atoms with van der Waals surface area (Å²) in [5, 5.41) is 12.1. The molecule has 14 heavy (non-hydrogen) atoms. The zero-order valence-electron chi connectivity index (χ0n) is 9.98. The molecule has 0 radical (unpaired) electrons. The zero-order valence-corrected chi connectivity index (χ0v) is 9.98. The lowest BCUT2D eigenvalue weighted by Crippen LogP contribution is -2.37. The quantitative estimate of drug-likeness (QED) is 0.663. The van der Waals surface area contributed by atoms with Crippen LogP contribution < -0.4 is 5.32 Å². The van der Waals surface area contributed by atoms with Crippen LogP contribution >= 0.6 is 0 Å². The van der Waals surface area contributed by atoms with Crippen LogP contribution in [0.15, 0.2) is 0 Å². The van der Waals surface area contributed by atoms with Gasteiger partial charge in [-0.3, -0.25) is 0 Å². The van der Waals surface area contributed by atoms with Crippen LogP contribution in [0.3, 0.4) is 0 Å². The molecule has 0 fully saturated rings.